The average molecular weight is 528 g/mol. The molecule has 1 aromatic heterocycles. The number of amides is 1. The van der Waals surface area contributed by atoms with E-state index in [4.69, 9.17) is 0 Å². The molecule has 0 aliphatic rings. The van der Waals surface area contributed by atoms with E-state index in [9.17, 15) is 13.2 Å². The molecule has 4 aromatic rings. The summed E-state index contributed by atoms with van der Waals surface area (Å²) in [5, 5.41) is 5.10. The van der Waals surface area contributed by atoms with Gasteiger partial charge in [-0.15, -0.1) is 11.3 Å². The minimum absolute atomic E-state index is 0.104. The summed E-state index contributed by atoms with van der Waals surface area (Å²) in [7, 11) is -2.24. The summed E-state index contributed by atoms with van der Waals surface area (Å²) < 4.78 is 27.9. The highest BCUT2D eigenvalue weighted by Crippen LogP contribution is 2.27. The van der Waals surface area contributed by atoms with Crippen LogP contribution in [-0.2, 0) is 10.0 Å². The zero-order valence-corrected chi connectivity index (χ0v) is 20.1. The molecule has 0 aliphatic heterocycles. The molecule has 0 saturated heterocycles. The SMILES string of the molecule is CN(c1ccccc1)S(=O)(=O)c1ccc(C(=O)Nc2nc(-c3ccc(Br)cc3)cs2)cc1. The van der Waals surface area contributed by atoms with Gasteiger partial charge < -0.3 is 0 Å². The summed E-state index contributed by atoms with van der Waals surface area (Å²) in [4.78, 5) is 17.2. The van der Waals surface area contributed by atoms with Gasteiger partial charge in [0.1, 0.15) is 0 Å². The molecule has 0 saturated carbocycles. The zero-order valence-electron chi connectivity index (χ0n) is 16.9. The molecule has 0 radical (unpaired) electrons. The Hall–Kier alpha value is -3.01. The van der Waals surface area contributed by atoms with Crippen LogP contribution in [0.4, 0.5) is 10.8 Å². The average Bonchev–Trinajstić information content (AvgIpc) is 3.28. The number of carbonyl (C=O) groups excluding carboxylic acids is 1. The summed E-state index contributed by atoms with van der Waals surface area (Å²) in [6.07, 6.45) is 0. The van der Waals surface area contributed by atoms with Crippen molar-refractivity contribution in [2.24, 2.45) is 0 Å². The highest BCUT2D eigenvalue weighted by atomic mass is 79.9. The van der Waals surface area contributed by atoms with E-state index in [1.54, 1.807) is 24.3 Å². The summed E-state index contributed by atoms with van der Waals surface area (Å²) in [6.45, 7) is 0. The first-order chi connectivity index (χ1) is 15.3. The molecule has 9 heteroatoms. The maximum atomic E-state index is 12.9. The molecule has 1 heterocycles. The second-order valence-electron chi connectivity index (χ2n) is 6.83. The molecule has 0 aliphatic carbocycles. The minimum Gasteiger partial charge on any atom is -0.298 e. The van der Waals surface area contributed by atoms with E-state index in [-0.39, 0.29) is 10.8 Å². The summed E-state index contributed by atoms with van der Waals surface area (Å²) in [5.41, 5.74) is 2.61. The number of benzene rings is 3. The van der Waals surface area contributed by atoms with Gasteiger partial charge in [0.25, 0.3) is 15.9 Å². The minimum atomic E-state index is -3.74. The third-order valence-corrected chi connectivity index (χ3v) is 7.85. The van der Waals surface area contributed by atoms with E-state index in [1.165, 1.54) is 47.0 Å². The van der Waals surface area contributed by atoms with Crippen LogP contribution < -0.4 is 9.62 Å². The number of nitrogens with one attached hydrogen (secondary N) is 1. The molecule has 0 fully saturated rings. The van der Waals surface area contributed by atoms with Crippen molar-refractivity contribution in [1.82, 2.24) is 4.98 Å². The van der Waals surface area contributed by atoms with Crippen LogP contribution in [0.3, 0.4) is 0 Å². The van der Waals surface area contributed by atoms with Gasteiger partial charge in [-0.25, -0.2) is 13.4 Å². The normalized spacial score (nSPS) is 11.2. The lowest BCUT2D eigenvalue weighted by Crippen LogP contribution is -2.26. The molecule has 0 spiro atoms. The Morgan fingerprint density at radius 1 is 0.969 bits per heavy atom. The van der Waals surface area contributed by atoms with E-state index in [2.05, 4.69) is 26.2 Å². The second-order valence-corrected chi connectivity index (χ2v) is 10.6. The molecule has 1 N–H and O–H groups in total. The first-order valence-corrected chi connectivity index (χ1v) is 12.6. The predicted octanol–water partition coefficient (Wildman–Crippen LogP) is 5.65. The Labute approximate surface area is 198 Å². The summed E-state index contributed by atoms with van der Waals surface area (Å²) in [5.74, 6) is -0.359. The van der Waals surface area contributed by atoms with Gasteiger partial charge in [0.15, 0.2) is 5.13 Å². The number of anilines is 2. The van der Waals surface area contributed by atoms with Crippen LogP contribution >= 0.6 is 27.3 Å². The van der Waals surface area contributed by atoms with Crippen molar-refractivity contribution in [1.29, 1.82) is 0 Å². The number of hydrogen-bond acceptors (Lipinski definition) is 5. The molecule has 6 nitrogen and oxygen atoms in total. The van der Waals surface area contributed by atoms with E-state index >= 15 is 0 Å². The number of thiazole rings is 1. The Bertz CT molecular complexity index is 1340. The van der Waals surface area contributed by atoms with Crippen molar-refractivity contribution in [3.05, 3.63) is 94.3 Å². The van der Waals surface area contributed by atoms with Gasteiger partial charge in [-0.1, -0.05) is 46.3 Å². The fourth-order valence-electron chi connectivity index (χ4n) is 2.97. The van der Waals surface area contributed by atoms with Crippen LogP contribution in [0.25, 0.3) is 11.3 Å². The molecule has 0 atom stereocenters. The van der Waals surface area contributed by atoms with Crippen molar-refractivity contribution >= 4 is 54.0 Å². The van der Waals surface area contributed by atoms with Crippen LogP contribution in [0.5, 0.6) is 0 Å². The van der Waals surface area contributed by atoms with Gasteiger partial charge in [-0.2, -0.15) is 0 Å². The van der Waals surface area contributed by atoms with Crippen molar-refractivity contribution in [2.75, 3.05) is 16.7 Å². The standard InChI is InChI=1S/C23H18BrN3O3S2/c1-27(19-5-3-2-4-6-19)32(29,30)20-13-9-17(10-14-20)22(28)26-23-25-21(15-31-23)16-7-11-18(24)12-8-16/h2-15H,1H3,(H,25,26,28). The fourth-order valence-corrected chi connectivity index (χ4v) is 5.14. The van der Waals surface area contributed by atoms with Crippen LogP contribution in [-0.4, -0.2) is 26.4 Å². The van der Waals surface area contributed by atoms with Crippen LogP contribution in [0.2, 0.25) is 0 Å². The molecule has 162 valence electrons. The number of rotatable bonds is 6. The van der Waals surface area contributed by atoms with Crippen molar-refractivity contribution in [2.45, 2.75) is 4.90 Å². The first kappa shape index (κ1) is 22.2. The summed E-state index contributed by atoms with van der Waals surface area (Å²) in [6, 6.07) is 22.4. The van der Waals surface area contributed by atoms with Crippen LogP contribution in [0.1, 0.15) is 10.4 Å². The Kier molecular flexibility index (Phi) is 6.40. The lowest BCUT2D eigenvalue weighted by atomic mass is 10.2. The maximum Gasteiger partial charge on any atom is 0.264 e. The molecule has 3 aromatic carbocycles. The first-order valence-electron chi connectivity index (χ1n) is 9.51. The number of para-hydroxylation sites is 1. The largest absolute Gasteiger partial charge is 0.298 e. The quantitative estimate of drug-likeness (QED) is 0.351. The molecular formula is C23H18BrN3O3S2. The van der Waals surface area contributed by atoms with Crippen molar-refractivity contribution < 1.29 is 13.2 Å². The zero-order chi connectivity index (χ0) is 22.7. The van der Waals surface area contributed by atoms with E-state index in [0.717, 1.165) is 15.7 Å². The molecule has 0 bridgehead atoms. The molecule has 4 rings (SSSR count). The number of sulfonamides is 1. The third-order valence-electron chi connectivity index (χ3n) is 4.76. The maximum absolute atomic E-state index is 12.9. The molecule has 1 amide bonds. The van der Waals surface area contributed by atoms with Gasteiger partial charge in [-0.3, -0.25) is 14.4 Å². The fraction of sp³-hybridized carbons (Fsp3) is 0.0435. The number of aromatic nitrogens is 1. The van der Waals surface area contributed by atoms with Gasteiger partial charge in [0.05, 0.1) is 16.3 Å². The van der Waals surface area contributed by atoms with Gasteiger partial charge in [-0.05, 0) is 48.5 Å². The Balaban J connectivity index is 1.47. The van der Waals surface area contributed by atoms with Gasteiger partial charge in [0.2, 0.25) is 0 Å². The van der Waals surface area contributed by atoms with Crippen molar-refractivity contribution in [3.8, 4) is 11.3 Å². The highest BCUT2D eigenvalue weighted by molar-refractivity contribution is 9.10. The lowest BCUT2D eigenvalue weighted by molar-refractivity contribution is 0.102. The summed E-state index contributed by atoms with van der Waals surface area (Å²) >= 11 is 4.73. The van der Waals surface area contributed by atoms with Crippen molar-refractivity contribution in [3.63, 3.8) is 0 Å². The third kappa shape index (κ3) is 4.74. The topological polar surface area (TPSA) is 79.4 Å². The van der Waals surface area contributed by atoms with Crippen LogP contribution in [0.15, 0.2) is 93.6 Å². The smallest absolute Gasteiger partial charge is 0.264 e. The lowest BCUT2D eigenvalue weighted by Gasteiger charge is -2.19. The number of nitrogens with zero attached hydrogens (tertiary/aromatic N) is 2. The number of carbonyl (C=O) groups is 1. The van der Waals surface area contributed by atoms with Gasteiger partial charge >= 0.3 is 0 Å². The number of halogens is 1. The number of hydrogen-bond donors (Lipinski definition) is 1. The van der Waals surface area contributed by atoms with E-state index in [1.807, 2.05) is 35.7 Å². The monoisotopic (exact) mass is 527 g/mol. The predicted molar refractivity (Wildman–Crippen MR) is 132 cm³/mol. The van der Waals surface area contributed by atoms with E-state index in [0.29, 0.717) is 16.4 Å². The molecular weight excluding hydrogens is 510 g/mol. The molecule has 32 heavy (non-hydrogen) atoms. The second kappa shape index (κ2) is 9.23. The molecule has 0 unspecified atom stereocenters. The van der Waals surface area contributed by atoms with E-state index < -0.39 is 10.0 Å². The Morgan fingerprint density at radius 3 is 2.28 bits per heavy atom. The highest BCUT2D eigenvalue weighted by Gasteiger charge is 2.21. The Morgan fingerprint density at radius 2 is 1.62 bits per heavy atom. The van der Waals surface area contributed by atoms with Gasteiger partial charge in [0, 0.05) is 28.0 Å². The van der Waals surface area contributed by atoms with Crippen LogP contribution in [0, 0.1) is 0 Å².